The molecule has 2 aliphatic rings. The van der Waals surface area contributed by atoms with Gasteiger partial charge in [-0.1, -0.05) is 6.58 Å². The molecule has 0 saturated carbocycles. The summed E-state index contributed by atoms with van der Waals surface area (Å²) < 4.78 is 0. The van der Waals surface area contributed by atoms with Crippen LogP contribution in [0.15, 0.2) is 35.8 Å². The molecule has 0 aromatic rings. The zero-order chi connectivity index (χ0) is 6.43. The highest BCUT2D eigenvalue weighted by atomic mass is 15.3. The third-order valence-corrected chi connectivity index (χ3v) is 1.77. The summed E-state index contributed by atoms with van der Waals surface area (Å²) in [7, 11) is 0. The van der Waals surface area contributed by atoms with Gasteiger partial charge in [-0.25, -0.2) is 0 Å². The normalized spacial score (nSPS) is 21.9. The van der Waals surface area contributed by atoms with Crippen molar-refractivity contribution in [1.29, 1.82) is 0 Å². The van der Waals surface area contributed by atoms with E-state index in [-0.39, 0.29) is 0 Å². The first-order valence-electron chi connectivity index (χ1n) is 3.15. The molecule has 46 valence electrons. The lowest BCUT2D eigenvalue weighted by Gasteiger charge is -1.92. The molecule has 0 N–H and O–H groups in total. The van der Waals surface area contributed by atoms with Gasteiger partial charge >= 0.3 is 0 Å². The molecule has 1 heteroatoms. The lowest BCUT2D eigenvalue weighted by molar-refractivity contribution is 0.762. The first kappa shape index (κ1) is 4.86. The fourth-order valence-corrected chi connectivity index (χ4v) is 0.986. The van der Waals surface area contributed by atoms with E-state index in [1.54, 1.807) is 0 Å². The molecule has 0 spiro atoms. The van der Waals surface area contributed by atoms with E-state index in [2.05, 4.69) is 24.6 Å². The van der Waals surface area contributed by atoms with Crippen molar-refractivity contribution in [3.05, 3.63) is 35.8 Å². The standard InChI is InChI=1S/C8H9N/c1-3-7-5-9(7)8-4-6(8)2/h3,5H,1,4H2,2H3. The van der Waals surface area contributed by atoms with E-state index in [1.165, 1.54) is 23.4 Å². The minimum atomic E-state index is 1.20. The van der Waals surface area contributed by atoms with Crippen LogP contribution in [-0.2, 0) is 0 Å². The number of nitrogens with zero attached hydrogens (tertiary/aromatic N) is 1. The van der Waals surface area contributed by atoms with E-state index < -0.39 is 0 Å². The van der Waals surface area contributed by atoms with E-state index in [4.69, 9.17) is 0 Å². The minimum Gasteiger partial charge on any atom is -0.317 e. The van der Waals surface area contributed by atoms with Gasteiger partial charge in [0.15, 0.2) is 0 Å². The Morgan fingerprint density at radius 2 is 2.44 bits per heavy atom. The average Bonchev–Trinajstić information content (AvgIpc) is 2.61. The van der Waals surface area contributed by atoms with E-state index in [9.17, 15) is 0 Å². The summed E-state index contributed by atoms with van der Waals surface area (Å²) in [4.78, 5) is 2.20. The summed E-state index contributed by atoms with van der Waals surface area (Å²) >= 11 is 0. The highest BCUT2D eigenvalue weighted by Gasteiger charge is 2.30. The molecule has 0 fully saturated rings. The summed E-state index contributed by atoms with van der Waals surface area (Å²) in [5, 5.41) is 0. The molecule has 0 unspecified atom stereocenters. The molecular formula is C8H9N. The van der Waals surface area contributed by atoms with Gasteiger partial charge < -0.3 is 4.90 Å². The van der Waals surface area contributed by atoms with Gasteiger partial charge in [0.2, 0.25) is 0 Å². The minimum absolute atomic E-state index is 1.20. The Balaban J connectivity index is 2.02. The quantitative estimate of drug-likeness (QED) is 0.537. The Kier molecular flexibility index (Phi) is 0.699. The van der Waals surface area contributed by atoms with Gasteiger partial charge in [-0.2, -0.15) is 0 Å². The highest BCUT2D eigenvalue weighted by Crippen LogP contribution is 2.42. The third-order valence-electron chi connectivity index (χ3n) is 1.77. The van der Waals surface area contributed by atoms with Crippen LogP contribution in [0, 0.1) is 0 Å². The molecule has 0 aromatic heterocycles. The number of rotatable bonds is 2. The molecule has 1 aliphatic heterocycles. The maximum absolute atomic E-state index is 3.68. The van der Waals surface area contributed by atoms with Gasteiger partial charge in [0, 0.05) is 18.3 Å². The Morgan fingerprint density at radius 1 is 1.78 bits per heavy atom. The Morgan fingerprint density at radius 3 is 2.78 bits per heavy atom. The predicted molar refractivity (Wildman–Crippen MR) is 37.4 cm³/mol. The van der Waals surface area contributed by atoms with Gasteiger partial charge in [0.1, 0.15) is 0 Å². The third kappa shape index (κ3) is 0.611. The summed E-state index contributed by atoms with van der Waals surface area (Å²) in [5.74, 6) is 0. The lowest BCUT2D eigenvalue weighted by atomic mass is 10.6. The van der Waals surface area contributed by atoms with Crippen LogP contribution in [0.3, 0.4) is 0 Å². The Hall–Kier alpha value is -0.980. The van der Waals surface area contributed by atoms with Crippen LogP contribution in [0.2, 0.25) is 0 Å². The van der Waals surface area contributed by atoms with E-state index >= 15 is 0 Å². The number of allylic oxidation sites excluding steroid dienone is 3. The SMILES string of the molecule is C=CC1=CN1C1=C(C)C1. The topological polar surface area (TPSA) is 3.01 Å². The van der Waals surface area contributed by atoms with Crippen LogP contribution in [0.4, 0.5) is 0 Å². The van der Waals surface area contributed by atoms with Crippen LogP contribution in [-0.4, -0.2) is 4.90 Å². The monoisotopic (exact) mass is 119 g/mol. The molecule has 0 saturated heterocycles. The zero-order valence-corrected chi connectivity index (χ0v) is 5.52. The van der Waals surface area contributed by atoms with Crippen molar-refractivity contribution in [1.82, 2.24) is 4.90 Å². The largest absolute Gasteiger partial charge is 0.317 e. The van der Waals surface area contributed by atoms with E-state index in [0.29, 0.717) is 0 Å². The van der Waals surface area contributed by atoms with Gasteiger partial charge in [0.25, 0.3) is 0 Å². The van der Waals surface area contributed by atoms with E-state index in [0.717, 1.165) is 0 Å². The van der Waals surface area contributed by atoms with E-state index in [1.807, 2.05) is 6.08 Å². The van der Waals surface area contributed by atoms with Crippen LogP contribution >= 0.6 is 0 Å². The second-order valence-electron chi connectivity index (χ2n) is 2.53. The molecule has 0 aromatic carbocycles. The summed E-state index contributed by atoms with van der Waals surface area (Å²) in [6.45, 7) is 5.84. The van der Waals surface area contributed by atoms with Gasteiger partial charge in [-0.3, -0.25) is 0 Å². The first-order chi connectivity index (χ1) is 4.33. The number of hydrogen-bond donors (Lipinski definition) is 0. The molecular weight excluding hydrogens is 110 g/mol. The van der Waals surface area contributed by atoms with Crippen molar-refractivity contribution in [2.45, 2.75) is 13.3 Å². The van der Waals surface area contributed by atoms with Crippen LogP contribution in [0.1, 0.15) is 13.3 Å². The van der Waals surface area contributed by atoms with Gasteiger partial charge in [-0.05, 0) is 18.6 Å². The Bertz CT molecular complexity index is 233. The fourth-order valence-electron chi connectivity index (χ4n) is 0.986. The maximum Gasteiger partial charge on any atom is 0.0613 e. The molecule has 1 aliphatic carbocycles. The van der Waals surface area contributed by atoms with Gasteiger partial charge in [-0.15, -0.1) is 0 Å². The summed E-state index contributed by atoms with van der Waals surface area (Å²) in [6, 6.07) is 0. The van der Waals surface area contributed by atoms with Crippen molar-refractivity contribution in [2.24, 2.45) is 0 Å². The molecule has 1 heterocycles. The molecule has 0 amide bonds. The smallest absolute Gasteiger partial charge is 0.0613 e. The van der Waals surface area contributed by atoms with Crippen molar-refractivity contribution in [3.63, 3.8) is 0 Å². The second kappa shape index (κ2) is 1.29. The summed E-state index contributed by atoms with van der Waals surface area (Å²) in [6.07, 6.45) is 5.20. The van der Waals surface area contributed by atoms with Crippen molar-refractivity contribution in [2.75, 3.05) is 0 Å². The number of hydrogen-bond acceptors (Lipinski definition) is 1. The molecule has 0 radical (unpaired) electrons. The zero-order valence-electron chi connectivity index (χ0n) is 5.52. The molecule has 1 nitrogen and oxygen atoms in total. The summed E-state index contributed by atoms with van der Waals surface area (Å²) in [5.41, 5.74) is 4.26. The van der Waals surface area contributed by atoms with Crippen LogP contribution in [0.25, 0.3) is 0 Å². The molecule has 0 bridgehead atoms. The maximum atomic E-state index is 3.68. The van der Waals surface area contributed by atoms with Crippen LogP contribution < -0.4 is 0 Å². The van der Waals surface area contributed by atoms with Gasteiger partial charge in [0.05, 0.1) is 5.70 Å². The molecule has 0 atom stereocenters. The van der Waals surface area contributed by atoms with Crippen molar-refractivity contribution < 1.29 is 0 Å². The lowest BCUT2D eigenvalue weighted by Crippen LogP contribution is -1.85. The predicted octanol–water partition coefficient (Wildman–Crippen LogP) is 2.01. The average molecular weight is 119 g/mol. The first-order valence-corrected chi connectivity index (χ1v) is 3.15. The van der Waals surface area contributed by atoms with Crippen LogP contribution in [0.5, 0.6) is 0 Å². The van der Waals surface area contributed by atoms with Crippen molar-refractivity contribution in [3.8, 4) is 0 Å². The molecule has 2 rings (SSSR count). The highest BCUT2D eigenvalue weighted by molar-refractivity contribution is 5.45. The molecule has 9 heavy (non-hydrogen) atoms. The van der Waals surface area contributed by atoms with Crippen molar-refractivity contribution >= 4 is 0 Å². The second-order valence-corrected chi connectivity index (χ2v) is 2.53. The fraction of sp³-hybridized carbons (Fsp3) is 0.250. The Labute approximate surface area is 55.0 Å².